The van der Waals surface area contributed by atoms with Crippen LogP contribution in [0.5, 0.6) is 0 Å². The van der Waals surface area contributed by atoms with E-state index in [2.05, 4.69) is 12.2 Å². The molecule has 1 amide bonds. The minimum Gasteiger partial charge on any atom is -0.384 e. The lowest BCUT2D eigenvalue weighted by Gasteiger charge is -2.27. The molecule has 100 valence electrons. The van der Waals surface area contributed by atoms with Crippen LogP contribution in [0.4, 0.5) is 0 Å². The van der Waals surface area contributed by atoms with E-state index in [9.17, 15) is 4.79 Å². The summed E-state index contributed by atoms with van der Waals surface area (Å²) in [5.41, 5.74) is 0. The molecule has 1 aliphatic heterocycles. The lowest BCUT2D eigenvalue weighted by Crippen LogP contribution is -2.41. The molecule has 1 rings (SSSR count). The number of morpholine rings is 1. The number of nitrogens with zero attached hydrogens (tertiary/aromatic N) is 1. The molecule has 1 saturated heterocycles. The molecule has 5 heteroatoms. The van der Waals surface area contributed by atoms with E-state index < -0.39 is 0 Å². The van der Waals surface area contributed by atoms with Crippen LogP contribution in [0, 0.1) is 5.92 Å². The van der Waals surface area contributed by atoms with Crippen LogP contribution in [0.2, 0.25) is 0 Å². The van der Waals surface area contributed by atoms with Crippen LogP contribution in [-0.2, 0) is 14.3 Å². The summed E-state index contributed by atoms with van der Waals surface area (Å²) in [5, 5.41) is 3.28. The molecule has 0 radical (unpaired) electrons. The van der Waals surface area contributed by atoms with Crippen LogP contribution < -0.4 is 5.32 Å². The number of nitrogens with one attached hydrogen (secondary N) is 1. The summed E-state index contributed by atoms with van der Waals surface area (Å²) in [4.78, 5) is 13.7. The minimum absolute atomic E-state index is 0.222. The van der Waals surface area contributed by atoms with Gasteiger partial charge in [-0.3, -0.25) is 4.79 Å². The molecule has 0 spiro atoms. The zero-order valence-electron chi connectivity index (χ0n) is 10.9. The average molecular weight is 244 g/mol. The van der Waals surface area contributed by atoms with Crippen LogP contribution in [0.15, 0.2) is 0 Å². The van der Waals surface area contributed by atoms with E-state index >= 15 is 0 Å². The van der Waals surface area contributed by atoms with Crippen molar-refractivity contribution in [3.05, 3.63) is 0 Å². The standard InChI is InChI=1S/C12H24N2O3/c1-11(10-16-2)9-13-4-3-12(15)14-5-7-17-8-6-14/h11,13H,3-10H2,1-2H3. The fourth-order valence-corrected chi connectivity index (χ4v) is 1.86. The summed E-state index contributed by atoms with van der Waals surface area (Å²) in [7, 11) is 1.71. The van der Waals surface area contributed by atoms with E-state index in [-0.39, 0.29) is 5.91 Å². The van der Waals surface area contributed by atoms with Crippen molar-refractivity contribution >= 4 is 5.91 Å². The van der Waals surface area contributed by atoms with Gasteiger partial charge in [-0.25, -0.2) is 0 Å². The Morgan fingerprint density at radius 2 is 2.18 bits per heavy atom. The van der Waals surface area contributed by atoms with Crippen molar-refractivity contribution in [2.45, 2.75) is 13.3 Å². The van der Waals surface area contributed by atoms with Gasteiger partial charge in [0.05, 0.1) is 13.2 Å². The van der Waals surface area contributed by atoms with E-state index in [0.717, 1.165) is 32.8 Å². The number of carbonyl (C=O) groups is 1. The number of hydrogen-bond acceptors (Lipinski definition) is 4. The van der Waals surface area contributed by atoms with Gasteiger partial charge in [-0.15, -0.1) is 0 Å². The predicted molar refractivity (Wildman–Crippen MR) is 65.9 cm³/mol. The molecule has 1 unspecified atom stereocenters. The van der Waals surface area contributed by atoms with Crippen molar-refractivity contribution in [3.8, 4) is 0 Å². The third kappa shape index (κ3) is 6.00. The summed E-state index contributed by atoms with van der Waals surface area (Å²) >= 11 is 0. The van der Waals surface area contributed by atoms with E-state index in [0.29, 0.717) is 25.6 Å². The fourth-order valence-electron chi connectivity index (χ4n) is 1.86. The second kappa shape index (κ2) is 8.44. The van der Waals surface area contributed by atoms with Gasteiger partial charge >= 0.3 is 0 Å². The van der Waals surface area contributed by atoms with Crippen molar-refractivity contribution in [2.24, 2.45) is 5.92 Å². The maximum atomic E-state index is 11.8. The summed E-state index contributed by atoms with van der Waals surface area (Å²) in [6, 6.07) is 0. The molecule has 1 aliphatic rings. The Hall–Kier alpha value is -0.650. The number of rotatable bonds is 7. The first-order valence-electron chi connectivity index (χ1n) is 6.29. The molecular weight excluding hydrogens is 220 g/mol. The van der Waals surface area contributed by atoms with E-state index in [1.54, 1.807) is 7.11 Å². The van der Waals surface area contributed by atoms with Crippen LogP contribution in [0.1, 0.15) is 13.3 Å². The van der Waals surface area contributed by atoms with Gasteiger partial charge in [-0.05, 0) is 12.5 Å². The highest BCUT2D eigenvalue weighted by Gasteiger charge is 2.15. The Bertz CT molecular complexity index is 218. The predicted octanol–water partition coefficient (Wildman–Crippen LogP) is 0.107. The first-order chi connectivity index (χ1) is 8.24. The van der Waals surface area contributed by atoms with Crippen molar-refractivity contribution in [1.82, 2.24) is 10.2 Å². The van der Waals surface area contributed by atoms with Gasteiger partial charge in [0.1, 0.15) is 0 Å². The van der Waals surface area contributed by atoms with Crippen molar-refractivity contribution in [1.29, 1.82) is 0 Å². The third-order valence-corrected chi connectivity index (χ3v) is 2.82. The molecule has 5 nitrogen and oxygen atoms in total. The van der Waals surface area contributed by atoms with Crippen LogP contribution in [0.3, 0.4) is 0 Å². The zero-order valence-corrected chi connectivity index (χ0v) is 10.9. The van der Waals surface area contributed by atoms with E-state index in [4.69, 9.17) is 9.47 Å². The molecule has 17 heavy (non-hydrogen) atoms. The molecule has 1 fully saturated rings. The van der Waals surface area contributed by atoms with Gasteiger partial charge in [0.2, 0.25) is 5.91 Å². The Balaban J connectivity index is 2.03. The minimum atomic E-state index is 0.222. The first-order valence-corrected chi connectivity index (χ1v) is 6.29. The average Bonchev–Trinajstić information content (AvgIpc) is 2.36. The molecule has 0 aromatic heterocycles. The second-order valence-corrected chi connectivity index (χ2v) is 4.51. The molecule has 1 N–H and O–H groups in total. The zero-order chi connectivity index (χ0) is 12.5. The van der Waals surface area contributed by atoms with Crippen LogP contribution >= 0.6 is 0 Å². The molecule has 0 saturated carbocycles. The lowest BCUT2D eigenvalue weighted by molar-refractivity contribution is -0.135. The van der Waals surface area contributed by atoms with Gasteiger partial charge in [0, 0.05) is 39.8 Å². The van der Waals surface area contributed by atoms with E-state index in [1.807, 2.05) is 4.90 Å². The molecule has 1 atom stereocenters. The number of hydrogen-bond donors (Lipinski definition) is 1. The summed E-state index contributed by atoms with van der Waals surface area (Å²) < 4.78 is 10.3. The van der Waals surface area contributed by atoms with Crippen LogP contribution in [0.25, 0.3) is 0 Å². The summed E-state index contributed by atoms with van der Waals surface area (Å²) in [6.45, 7) is 7.32. The quantitative estimate of drug-likeness (QED) is 0.646. The molecule has 1 heterocycles. The van der Waals surface area contributed by atoms with Crippen molar-refractivity contribution < 1.29 is 14.3 Å². The van der Waals surface area contributed by atoms with Gasteiger partial charge < -0.3 is 19.7 Å². The first kappa shape index (κ1) is 14.4. The SMILES string of the molecule is COCC(C)CNCCC(=O)N1CCOCC1. The molecule has 0 aliphatic carbocycles. The summed E-state index contributed by atoms with van der Waals surface area (Å²) in [6.07, 6.45) is 0.569. The highest BCUT2D eigenvalue weighted by atomic mass is 16.5. The highest BCUT2D eigenvalue weighted by molar-refractivity contribution is 5.76. The third-order valence-electron chi connectivity index (χ3n) is 2.82. The Labute approximate surface area is 103 Å². The Kier molecular flexibility index (Phi) is 7.16. The number of methoxy groups -OCH3 is 1. The number of carbonyl (C=O) groups excluding carboxylic acids is 1. The Morgan fingerprint density at radius 3 is 2.82 bits per heavy atom. The van der Waals surface area contributed by atoms with E-state index in [1.165, 1.54) is 0 Å². The van der Waals surface area contributed by atoms with Gasteiger partial charge in [0.15, 0.2) is 0 Å². The van der Waals surface area contributed by atoms with Crippen LogP contribution in [-0.4, -0.2) is 63.9 Å². The molecule has 0 aromatic carbocycles. The normalized spacial score (nSPS) is 18.1. The molecule has 0 aromatic rings. The summed E-state index contributed by atoms with van der Waals surface area (Å²) in [5.74, 6) is 0.707. The number of amides is 1. The topological polar surface area (TPSA) is 50.8 Å². The maximum absolute atomic E-state index is 11.8. The van der Waals surface area contributed by atoms with Crippen molar-refractivity contribution in [2.75, 3.05) is 53.1 Å². The smallest absolute Gasteiger partial charge is 0.224 e. The van der Waals surface area contributed by atoms with Crippen molar-refractivity contribution in [3.63, 3.8) is 0 Å². The van der Waals surface area contributed by atoms with Gasteiger partial charge in [-0.2, -0.15) is 0 Å². The fraction of sp³-hybridized carbons (Fsp3) is 0.917. The Morgan fingerprint density at radius 1 is 1.47 bits per heavy atom. The highest BCUT2D eigenvalue weighted by Crippen LogP contribution is 1.99. The largest absolute Gasteiger partial charge is 0.384 e. The van der Waals surface area contributed by atoms with Gasteiger partial charge in [-0.1, -0.05) is 6.92 Å². The molecule has 0 bridgehead atoms. The monoisotopic (exact) mass is 244 g/mol. The second-order valence-electron chi connectivity index (χ2n) is 4.51. The molecular formula is C12H24N2O3. The maximum Gasteiger partial charge on any atom is 0.224 e. The van der Waals surface area contributed by atoms with Gasteiger partial charge in [0.25, 0.3) is 0 Å². The lowest BCUT2D eigenvalue weighted by atomic mass is 10.2. The number of ether oxygens (including phenoxy) is 2.